The Kier molecular flexibility index (Phi) is 3.53. The van der Waals surface area contributed by atoms with Crippen LogP contribution in [0.15, 0.2) is 4.99 Å². The standard InChI is InChI=1S/C9H18N2O/c1-7(2)11-9(10)8-3-5-12-6-4-8/h7-8H,3-6H2,1-2H3,(H2,10,11). The molecule has 0 aliphatic carbocycles. The first kappa shape index (κ1) is 9.52. The van der Waals surface area contributed by atoms with Crippen LogP contribution in [0.3, 0.4) is 0 Å². The molecule has 0 saturated carbocycles. The van der Waals surface area contributed by atoms with Crippen molar-refractivity contribution in [2.75, 3.05) is 13.2 Å². The molecule has 1 aliphatic heterocycles. The Hall–Kier alpha value is -0.570. The van der Waals surface area contributed by atoms with Crippen LogP contribution in [0.5, 0.6) is 0 Å². The van der Waals surface area contributed by atoms with Crippen molar-refractivity contribution in [3.8, 4) is 0 Å². The lowest BCUT2D eigenvalue weighted by atomic mass is 9.99. The summed E-state index contributed by atoms with van der Waals surface area (Å²) in [5.74, 6) is 1.27. The summed E-state index contributed by atoms with van der Waals surface area (Å²) < 4.78 is 5.24. The van der Waals surface area contributed by atoms with E-state index in [1.54, 1.807) is 0 Å². The molecule has 1 aliphatic rings. The number of ether oxygens (including phenoxy) is 1. The molecule has 0 spiro atoms. The Morgan fingerprint density at radius 1 is 1.42 bits per heavy atom. The third kappa shape index (κ3) is 2.81. The van der Waals surface area contributed by atoms with E-state index in [2.05, 4.69) is 4.99 Å². The topological polar surface area (TPSA) is 47.6 Å². The van der Waals surface area contributed by atoms with Gasteiger partial charge in [0.2, 0.25) is 0 Å². The molecule has 0 aromatic rings. The Morgan fingerprint density at radius 3 is 2.50 bits per heavy atom. The van der Waals surface area contributed by atoms with E-state index < -0.39 is 0 Å². The van der Waals surface area contributed by atoms with Crippen LogP contribution in [0.1, 0.15) is 26.7 Å². The minimum atomic E-state index is 0.313. The molecular formula is C9H18N2O. The summed E-state index contributed by atoms with van der Waals surface area (Å²) in [6, 6.07) is 0.313. The molecular weight excluding hydrogens is 152 g/mol. The van der Waals surface area contributed by atoms with Crippen LogP contribution in [0, 0.1) is 5.92 Å². The molecule has 70 valence electrons. The second kappa shape index (κ2) is 4.45. The van der Waals surface area contributed by atoms with Gasteiger partial charge in [-0.2, -0.15) is 0 Å². The number of nitrogens with zero attached hydrogens (tertiary/aromatic N) is 1. The van der Waals surface area contributed by atoms with E-state index in [1.165, 1.54) is 0 Å². The third-order valence-electron chi connectivity index (χ3n) is 2.05. The SMILES string of the molecule is CC(C)N=C(N)C1CCOCC1. The monoisotopic (exact) mass is 170 g/mol. The largest absolute Gasteiger partial charge is 0.387 e. The molecule has 1 rings (SSSR count). The van der Waals surface area contributed by atoms with Gasteiger partial charge in [-0.05, 0) is 26.7 Å². The summed E-state index contributed by atoms with van der Waals surface area (Å²) in [6.07, 6.45) is 2.06. The summed E-state index contributed by atoms with van der Waals surface area (Å²) in [4.78, 5) is 4.34. The van der Waals surface area contributed by atoms with Crippen molar-refractivity contribution in [1.29, 1.82) is 0 Å². The van der Waals surface area contributed by atoms with Gasteiger partial charge in [0.25, 0.3) is 0 Å². The van der Waals surface area contributed by atoms with Crippen LogP contribution < -0.4 is 5.73 Å². The van der Waals surface area contributed by atoms with E-state index in [0.717, 1.165) is 31.9 Å². The van der Waals surface area contributed by atoms with Crippen LogP contribution >= 0.6 is 0 Å². The molecule has 1 heterocycles. The van der Waals surface area contributed by atoms with Gasteiger partial charge in [0, 0.05) is 25.2 Å². The zero-order chi connectivity index (χ0) is 8.97. The van der Waals surface area contributed by atoms with Crippen LogP contribution in [-0.4, -0.2) is 25.1 Å². The van der Waals surface area contributed by atoms with Gasteiger partial charge in [-0.25, -0.2) is 0 Å². The molecule has 2 N–H and O–H groups in total. The van der Waals surface area contributed by atoms with Gasteiger partial charge >= 0.3 is 0 Å². The number of hydrogen-bond donors (Lipinski definition) is 1. The molecule has 3 nitrogen and oxygen atoms in total. The Labute approximate surface area is 74.0 Å². The van der Waals surface area contributed by atoms with E-state index >= 15 is 0 Å². The highest BCUT2D eigenvalue weighted by atomic mass is 16.5. The smallest absolute Gasteiger partial charge is 0.0973 e. The zero-order valence-corrected chi connectivity index (χ0v) is 7.92. The fourth-order valence-corrected chi connectivity index (χ4v) is 1.40. The molecule has 1 fully saturated rings. The highest BCUT2D eigenvalue weighted by Crippen LogP contribution is 2.14. The van der Waals surface area contributed by atoms with Crippen LogP contribution in [0.4, 0.5) is 0 Å². The molecule has 0 unspecified atom stereocenters. The summed E-state index contributed by atoms with van der Waals surface area (Å²) in [5, 5.41) is 0. The summed E-state index contributed by atoms with van der Waals surface area (Å²) in [7, 11) is 0. The van der Waals surface area contributed by atoms with Crippen molar-refractivity contribution in [3.05, 3.63) is 0 Å². The Balaban J connectivity index is 2.44. The maximum absolute atomic E-state index is 5.84. The van der Waals surface area contributed by atoms with Gasteiger partial charge in [0.15, 0.2) is 0 Å². The highest BCUT2D eigenvalue weighted by Gasteiger charge is 2.17. The van der Waals surface area contributed by atoms with Gasteiger partial charge in [-0.15, -0.1) is 0 Å². The number of hydrogen-bond acceptors (Lipinski definition) is 2. The lowest BCUT2D eigenvalue weighted by Gasteiger charge is -2.21. The minimum Gasteiger partial charge on any atom is -0.387 e. The second-order valence-corrected chi connectivity index (χ2v) is 3.53. The molecule has 12 heavy (non-hydrogen) atoms. The van der Waals surface area contributed by atoms with Gasteiger partial charge in [-0.1, -0.05) is 0 Å². The van der Waals surface area contributed by atoms with Crippen LogP contribution in [0.25, 0.3) is 0 Å². The second-order valence-electron chi connectivity index (χ2n) is 3.53. The molecule has 0 radical (unpaired) electrons. The van der Waals surface area contributed by atoms with E-state index in [9.17, 15) is 0 Å². The first-order valence-corrected chi connectivity index (χ1v) is 4.61. The van der Waals surface area contributed by atoms with E-state index in [4.69, 9.17) is 10.5 Å². The minimum absolute atomic E-state index is 0.313. The normalized spacial score (nSPS) is 21.8. The number of rotatable bonds is 2. The number of nitrogens with two attached hydrogens (primary N) is 1. The lowest BCUT2D eigenvalue weighted by molar-refractivity contribution is 0.0824. The fourth-order valence-electron chi connectivity index (χ4n) is 1.40. The first-order chi connectivity index (χ1) is 5.70. The van der Waals surface area contributed by atoms with Crippen molar-refractivity contribution in [3.63, 3.8) is 0 Å². The maximum atomic E-state index is 5.84. The molecule has 0 aromatic heterocycles. The molecule has 0 atom stereocenters. The summed E-state index contributed by atoms with van der Waals surface area (Å²) in [6.45, 7) is 5.76. The number of aliphatic imine (C=N–C) groups is 1. The molecule has 1 saturated heterocycles. The summed E-state index contributed by atoms with van der Waals surface area (Å²) >= 11 is 0. The Morgan fingerprint density at radius 2 is 2.00 bits per heavy atom. The van der Waals surface area contributed by atoms with E-state index in [1.807, 2.05) is 13.8 Å². The van der Waals surface area contributed by atoms with Crippen LogP contribution in [0.2, 0.25) is 0 Å². The van der Waals surface area contributed by atoms with Gasteiger partial charge < -0.3 is 10.5 Å². The highest BCUT2D eigenvalue weighted by molar-refractivity contribution is 5.83. The third-order valence-corrected chi connectivity index (χ3v) is 2.05. The average molecular weight is 170 g/mol. The molecule has 0 bridgehead atoms. The van der Waals surface area contributed by atoms with Crippen molar-refractivity contribution in [1.82, 2.24) is 0 Å². The summed E-state index contributed by atoms with van der Waals surface area (Å²) in [5.41, 5.74) is 5.84. The predicted octanol–water partition coefficient (Wildman–Crippen LogP) is 1.18. The van der Waals surface area contributed by atoms with Crippen molar-refractivity contribution in [2.45, 2.75) is 32.7 Å². The Bertz CT molecular complexity index is 160. The predicted molar refractivity (Wildman–Crippen MR) is 50.3 cm³/mol. The molecule has 0 amide bonds. The van der Waals surface area contributed by atoms with E-state index in [-0.39, 0.29) is 0 Å². The fraction of sp³-hybridized carbons (Fsp3) is 0.889. The molecule has 3 heteroatoms. The van der Waals surface area contributed by atoms with Crippen molar-refractivity contribution >= 4 is 5.84 Å². The maximum Gasteiger partial charge on any atom is 0.0973 e. The lowest BCUT2D eigenvalue weighted by Crippen LogP contribution is -2.30. The van der Waals surface area contributed by atoms with Gasteiger partial charge in [0.05, 0.1) is 5.84 Å². The first-order valence-electron chi connectivity index (χ1n) is 4.61. The van der Waals surface area contributed by atoms with Gasteiger partial charge in [0.1, 0.15) is 0 Å². The quantitative estimate of drug-likeness (QED) is 0.499. The van der Waals surface area contributed by atoms with Crippen molar-refractivity contribution < 1.29 is 4.74 Å². The zero-order valence-electron chi connectivity index (χ0n) is 7.92. The van der Waals surface area contributed by atoms with Crippen LogP contribution in [-0.2, 0) is 4.74 Å². The molecule has 0 aromatic carbocycles. The van der Waals surface area contributed by atoms with Crippen molar-refractivity contribution in [2.24, 2.45) is 16.6 Å². The van der Waals surface area contributed by atoms with E-state index in [0.29, 0.717) is 12.0 Å². The average Bonchev–Trinajstić information content (AvgIpc) is 2.05. The van der Waals surface area contributed by atoms with Gasteiger partial charge in [-0.3, -0.25) is 4.99 Å². The number of amidine groups is 1.